The van der Waals surface area contributed by atoms with Crippen LogP contribution in [0.2, 0.25) is 0 Å². The molecule has 4 heteroatoms. The van der Waals surface area contributed by atoms with Crippen LogP contribution in [0.15, 0.2) is 109 Å². The Morgan fingerprint density at radius 3 is 1.06 bits per heavy atom. The molecular weight excluding hydrogens is 444 g/mol. The molecule has 4 aromatic carbocycles. The summed E-state index contributed by atoms with van der Waals surface area (Å²) >= 11 is 0. The number of hydrogen-bond acceptors (Lipinski definition) is 2. The molecule has 7 rings (SSSR count). The molecule has 3 aliphatic carbocycles. The summed E-state index contributed by atoms with van der Waals surface area (Å²) in [4.78, 5) is 32.1. The molecule has 0 radical (unpaired) electrons. The standard InChI is InChI=1S/C32H28N2O2/c1-33(21-13-5-3-6-14-21)31(35)29-27-23-17-9-11-19-25(23)28(26-20-12-10-18-24(26)27)30(29)32(36)34(2)22-15-7-4-8-16-22/h3-20,27-30H,1-2H3/t27?,28?,29-,30-/m1/s1. The molecule has 2 atom stereocenters. The van der Waals surface area contributed by atoms with Crippen molar-refractivity contribution in [3.63, 3.8) is 0 Å². The Morgan fingerprint density at radius 1 is 0.472 bits per heavy atom. The van der Waals surface area contributed by atoms with Gasteiger partial charge in [0, 0.05) is 37.3 Å². The lowest BCUT2D eigenvalue weighted by atomic mass is 9.53. The Labute approximate surface area is 211 Å². The highest BCUT2D eigenvalue weighted by atomic mass is 16.2. The van der Waals surface area contributed by atoms with Gasteiger partial charge in [0.15, 0.2) is 0 Å². The molecule has 4 nitrogen and oxygen atoms in total. The van der Waals surface area contributed by atoms with Crippen LogP contribution in [-0.2, 0) is 9.59 Å². The predicted octanol–water partition coefficient (Wildman–Crippen LogP) is 5.84. The summed E-state index contributed by atoms with van der Waals surface area (Å²) in [5, 5.41) is 0. The lowest BCUT2D eigenvalue weighted by Gasteiger charge is -2.50. The van der Waals surface area contributed by atoms with Gasteiger partial charge >= 0.3 is 0 Å². The molecule has 0 N–H and O–H groups in total. The first-order valence-corrected chi connectivity index (χ1v) is 12.4. The predicted molar refractivity (Wildman–Crippen MR) is 143 cm³/mol. The van der Waals surface area contributed by atoms with E-state index in [-0.39, 0.29) is 23.7 Å². The fourth-order valence-corrected chi connectivity index (χ4v) is 6.28. The van der Waals surface area contributed by atoms with Crippen molar-refractivity contribution < 1.29 is 9.59 Å². The van der Waals surface area contributed by atoms with Gasteiger partial charge in [-0.3, -0.25) is 9.59 Å². The maximum Gasteiger partial charge on any atom is 0.231 e. The summed E-state index contributed by atoms with van der Waals surface area (Å²) < 4.78 is 0. The number of rotatable bonds is 4. The second-order valence-corrected chi connectivity index (χ2v) is 9.73. The zero-order valence-corrected chi connectivity index (χ0v) is 20.4. The molecule has 4 aromatic rings. The SMILES string of the molecule is CN(C(=O)[C@@H]1C2c3ccccc3C(c3ccccc32)[C@H]1C(=O)N(C)c1ccccc1)c1ccccc1. The second-order valence-electron chi connectivity index (χ2n) is 9.73. The van der Waals surface area contributed by atoms with Gasteiger partial charge in [0.05, 0.1) is 11.8 Å². The fourth-order valence-electron chi connectivity index (χ4n) is 6.28. The first-order valence-electron chi connectivity index (χ1n) is 12.4. The Bertz CT molecular complexity index is 1280. The van der Waals surface area contributed by atoms with Crippen molar-refractivity contribution in [1.82, 2.24) is 0 Å². The number of nitrogens with zero attached hydrogens (tertiary/aromatic N) is 2. The average molecular weight is 473 g/mol. The third kappa shape index (κ3) is 3.36. The van der Waals surface area contributed by atoms with Gasteiger partial charge in [-0.2, -0.15) is 0 Å². The van der Waals surface area contributed by atoms with Crippen LogP contribution < -0.4 is 9.80 Å². The van der Waals surface area contributed by atoms with E-state index in [9.17, 15) is 9.59 Å². The number of hydrogen-bond donors (Lipinski definition) is 0. The molecule has 178 valence electrons. The van der Waals surface area contributed by atoms with Crippen LogP contribution in [0.1, 0.15) is 34.1 Å². The van der Waals surface area contributed by atoms with Gasteiger partial charge in [0.2, 0.25) is 11.8 Å². The highest BCUT2D eigenvalue weighted by molar-refractivity contribution is 6.04. The molecule has 0 aromatic heterocycles. The van der Waals surface area contributed by atoms with Gasteiger partial charge < -0.3 is 9.80 Å². The molecule has 3 aliphatic rings. The van der Waals surface area contributed by atoms with Gasteiger partial charge in [-0.25, -0.2) is 0 Å². The van der Waals surface area contributed by atoms with E-state index in [0.717, 1.165) is 33.6 Å². The lowest BCUT2D eigenvalue weighted by molar-refractivity contribution is -0.133. The van der Waals surface area contributed by atoms with E-state index in [1.807, 2.05) is 99.0 Å². The van der Waals surface area contributed by atoms with Crippen LogP contribution in [0.25, 0.3) is 0 Å². The maximum absolute atomic E-state index is 14.3. The van der Waals surface area contributed by atoms with E-state index < -0.39 is 11.8 Å². The van der Waals surface area contributed by atoms with Crippen LogP contribution >= 0.6 is 0 Å². The molecule has 2 amide bonds. The molecule has 0 spiro atoms. The van der Waals surface area contributed by atoms with Crippen molar-refractivity contribution >= 4 is 23.2 Å². The molecule has 0 aliphatic heterocycles. The highest BCUT2D eigenvalue weighted by Gasteiger charge is 2.56. The van der Waals surface area contributed by atoms with E-state index in [1.54, 1.807) is 9.80 Å². The van der Waals surface area contributed by atoms with E-state index >= 15 is 0 Å². The Kier molecular flexibility index (Phi) is 5.45. The van der Waals surface area contributed by atoms with Crippen LogP contribution in [-0.4, -0.2) is 25.9 Å². The third-order valence-corrected chi connectivity index (χ3v) is 7.96. The van der Waals surface area contributed by atoms with Gasteiger partial charge in [0.25, 0.3) is 0 Å². The van der Waals surface area contributed by atoms with Crippen LogP contribution in [0.3, 0.4) is 0 Å². The number of carbonyl (C=O) groups excluding carboxylic acids is 2. The minimum Gasteiger partial charge on any atom is -0.315 e. The minimum atomic E-state index is -0.510. The van der Waals surface area contributed by atoms with Crippen molar-refractivity contribution in [3.05, 3.63) is 131 Å². The number of carbonyl (C=O) groups is 2. The summed E-state index contributed by atoms with van der Waals surface area (Å²) in [5.74, 6) is -1.44. The summed E-state index contributed by atoms with van der Waals surface area (Å²) in [6, 6.07) is 36.1. The lowest BCUT2D eigenvalue weighted by Crippen LogP contribution is -2.53. The zero-order chi connectivity index (χ0) is 24.8. The zero-order valence-electron chi connectivity index (χ0n) is 20.4. The Morgan fingerprint density at radius 2 is 0.750 bits per heavy atom. The minimum absolute atomic E-state index is 0.0278. The normalized spacial score (nSPS) is 21.3. The maximum atomic E-state index is 14.3. The smallest absolute Gasteiger partial charge is 0.231 e. The largest absolute Gasteiger partial charge is 0.315 e. The highest BCUT2D eigenvalue weighted by Crippen LogP contribution is 2.59. The average Bonchev–Trinajstić information content (AvgIpc) is 2.96. The summed E-state index contributed by atoms with van der Waals surface area (Å²) in [6.45, 7) is 0. The molecule has 0 unspecified atom stereocenters. The van der Waals surface area contributed by atoms with E-state index in [2.05, 4.69) is 24.3 Å². The number of amides is 2. The summed E-state index contributed by atoms with van der Waals surface area (Å²) in [6.07, 6.45) is 0. The van der Waals surface area contributed by atoms with Crippen LogP contribution in [0.5, 0.6) is 0 Å². The number of fused-ring (bicyclic) bond motifs is 1. The van der Waals surface area contributed by atoms with E-state index in [1.165, 1.54) is 0 Å². The molecule has 0 saturated heterocycles. The first kappa shape index (κ1) is 22.3. The van der Waals surface area contributed by atoms with Gasteiger partial charge in [-0.05, 0) is 46.5 Å². The molecule has 0 heterocycles. The number of para-hydroxylation sites is 2. The third-order valence-electron chi connectivity index (χ3n) is 7.96. The van der Waals surface area contributed by atoms with Gasteiger partial charge in [-0.1, -0.05) is 84.9 Å². The Hall–Kier alpha value is -4.18. The molecular formula is C32H28N2O2. The van der Waals surface area contributed by atoms with E-state index in [4.69, 9.17) is 0 Å². The van der Waals surface area contributed by atoms with Crippen molar-refractivity contribution in [3.8, 4) is 0 Å². The first-order chi connectivity index (χ1) is 17.6. The monoisotopic (exact) mass is 472 g/mol. The molecule has 0 fully saturated rings. The topological polar surface area (TPSA) is 40.6 Å². The van der Waals surface area contributed by atoms with Gasteiger partial charge in [0.1, 0.15) is 0 Å². The van der Waals surface area contributed by atoms with Crippen LogP contribution in [0.4, 0.5) is 11.4 Å². The Balaban J connectivity index is 1.53. The van der Waals surface area contributed by atoms with Crippen molar-refractivity contribution in [2.45, 2.75) is 11.8 Å². The number of anilines is 2. The van der Waals surface area contributed by atoms with Crippen LogP contribution in [0, 0.1) is 11.8 Å². The van der Waals surface area contributed by atoms with Crippen molar-refractivity contribution in [2.75, 3.05) is 23.9 Å². The van der Waals surface area contributed by atoms with Gasteiger partial charge in [-0.15, -0.1) is 0 Å². The summed E-state index contributed by atoms with van der Waals surface area (Å²) in [5.41, 5.74) is 6.29. The van der Waals surface area contributed by atoms with Crippen molar-refractivity contribution in [1.29, 1.82) is 0 Å². The molecule has 2 bridgehead atoms. The summed E-state index contributed by atoms with van der Waals surface area (Å²) in [7, 11) is 3.64. The fraction of sp³-hybridized carbons (Fsp3) is 0.188. The molecule has 0 saturated carbocycles. The molecule has 36 heavy (non-hydrogen) atoms. The quantitative estimate of drug-likeness (QED) is 0.375. The van der Waals surface area contributed by atoms with Crippen molar-refractivity contribution in [2.24, 2.45) is 11.8 Å². The second kappa shape index (κ2) is 8.80. The van der Waals surface area contributed by atoms with E-state index in [0.29, 0.717) is 0 Å². The number of benzene rings is 4.